The fraction of sp³-hybridized carbons (Fsp3) is 0.125. The monoisotopic (exact) mass is 309 g/mol. The van der Waals surface area contributed by atoms with Crippen molar-refractivity contribution in [3.05, 3.63) is 64.8 Å². The summed E-state index contributed by atoms with van der Waals surface area (Å²) in [7, 11) is 0. The van der Waals surface area contributed by atoms with E-state index in [1.807, 2.05) is 36.7 Å². The van der Waals surface area contributed by atoms with Crippen LogP contribution < -0.4 is 0 Å². The Morgan fingerprint density at radius 3 is 2.64 bits per heavy atom. The highest BCUT2D eigenvalue weighted by molar-refractivity contribution is 6.28. The molecule has 0 saturated carbocycles. The van der Waals surface area contributed by atoms with Gasteiger partial charge in [0.25, 0.3) is 0 Å². The minimum atomic E-state index is 0.200. The van der Waals surface area contributed by atoms with Crippen molar-refractivity contribution < 1.29 is 0 Å². The average Bonchev–Trinajstić information content (AvgIpc) is 2.86. The van der Waals surface area contributed by atoms with Crippen molar-refractivity contribution in [1.82, 2.24) is 24.5 Å². The van der Waals surface area contributed by atoms with Crippen molar-refractivity contribution in [2.75, 3.05) is 0 Å². The van der Waals surface area contributed by atoms with Gasteiger partial charge >= 0.3 is 0 Å². The fourth-order valence-electron chi connectivity index (χ4n) is 1.98. The number of aromatic nitrogens is 5. The number of aryl methyl sites for hydroxylation is 2. The SMILES string of the molecule is Cc1cc(C#Cc2cn(-c3ccnc(Cl)n3)c(C)n2)ccn1. The molecule has 5 nitrogen and oxygen atoms in total. The summed E-state index contributed by atoms with van der Waals surface area (Å²) in [6.07, 6.45) is 5.18. The number of halogens is 1. The Kier molecular flexibility index (Phi) is 3.86. The standard InChI is InChI=1S/C16H12ClN5/c1-11-9-13(5-7-18-11)3-4-14-10-22(12(2)20-14)15-6-8-19-16(17)21-15/h5-10H,1-2H3. The van der Waals surface area contributed by atoms with Crippen LogP contribution in [-0.2, 0) is 0 Å². The minimum absolute atomic E-state index is 0.200. The molecule has 6 heteroatoms. The van der Waals surface area contributed by atoms with Crippen LogP contribution in [0.25, 0.3) is 5.82 Å². The van der Waals surface area contributed by atoms with Gasteiger partial charge in [-0.2, -0.15) is 4.98 Å². The Labute approximate surface area is 133 Å². The van der Waals surface area contributed by atoms with Gasteiger partial charge in [0.2, 0.25) is 5.28 Å². The van der Waals surface area contributed by atoms with Crippen LogP contribution in [0.5, 0.6) is 0 Å². The molecule has 0 aliphatic carbocycles. The number of rotatable bonds is 1. The predicted octanol–water partition coefficient (Wildman–Crippen LogP) is 2.73. The molecule has 0 unspecified atom stereocenters. The van der Waals surface area contributed by atoms with Crippen molar-refractivity contribution in [2.45, 2.75) is 13.8 Å². The summed E-state index contributed by atoms with van der Waals surface area (Å²) in [5.74, 6) is 7.58. The normalized spacial score (nSPS) is 10.1. The van der Waals surface area contributed by atoms with Gasteiger partial charge in [0, 0.05) is 29.8 Å². The quantitative estimate of drug-likeness (QED) is 0.512. The van der Waals surface area contributed by atoms with Crippen molar-refractivity contribution in [2.24, 2.45) is 0 Å². The molecule has 0 bridgehead atoms. The molecule has 108 valence electrons. The van der Waals surface area contributed by atoms with Gasteiger partial charge in [-0.05, 0) is 49.6 Å². The first-order valence-corrected chi connectivity index (χ1v) is 6.99. The molecule has 0 spiro atoms. The smallest absolute Gasteiger partial charge is 0.224 e. The Morgan fingerprint density at radius 1 is 1.05 bits per heavy atom. The third-order valence-electron chi connectivity index (χ3n) is 2.97. The van der Waals surface area contributed by atoms with Crippen LogP contribution in [0.4, 0.5) is 0 Å². The van der Waals surface area contributed by atoms with Crippen LogP contribution in [-0.4, -0.2) is 24.5 Å². The maximum atomic E-state index is 5.82. The molecule has 0 atom stereocenters. The lowest BCUT2D eigenvalue weighted by molar-refractivity contribution is 0.920. The van der Waals surface area contributed by atoms with Gasteiger partial charge in [-0.15, -0.1) is 0 Å². The van der Waals surface area contributed by atoms with Crippen LogP contribution in [0.3, 0.4) is 0 Å². The zero-order chi connectivity index (χ0) is 15.5. The third-order valence-corrected chi connectivity index (χ3v) is 3.15. The molecule has 3 heterocycles. The van der Waals surface area contributed by atoms with E-state index in [0.29, 0.717) is 11.5 Å². The summed E-state index contributed by atoms with van der Waals surface area (Å²) < 4.78 is 1.83. The number of nitrogens with zero attached hydrogens (tertiary/aromatic N) is 5. The van der Waals surface area contributed by atoms with E-state index in [1.54, 1.807) is 18.5 Å². The first kappa shape index (κ1) is 14.2. The van der Waals surface area contributed by atoms with Crippen LogP contribution in [0.1, 0.15) is 22.8 Å². The van der Waals surface area contributed by atoms with Gasteiger partial charge in [-0.1, -0.05) is 5.92 Å². The highest BCUT2D eigenvalue weighted by Crippen LogP contribution is 2.11. The zero-order valence-corrected chi connectivity index (χ0v) is 12.8. The third kappa shape index (κ3) is 3.13. The summed E-state index contributed by atoms with van der Waals surface area (Å²) >= 11 is 5.82. The minimum Gasteiger partial charge on any atom is -0.287 e. The lowest BCUT2D eigenvalue weighted by atomic mass is 10.2. The van der Waals surface area contributed by atoms with Crippen LogP contribution >= 0.6 is 11.6 Å². The fourth-order valence-corrected chi connectivity index (χ4v) is 2.13. The average molecular weight is 310 g/mol. The second kappa shape index (κ2) is 5.96. The summed E-state index contributed by atoms with van der Waals surface area (Å²) in [4.78, 5) is 16.6. The van der Waals surface area contributed by atoms with E-state index in [1.165, 1.54) is 0 Å². The molecule has 0 radical (unpaired) electrons. The Morgan fingerprint density at radius 2 is 1.86 bits per heavy atom. The van der Waals surface area contributed by atoms with Crippen LogP contribution in [0.2, 0.25) is 5.28 Å². The van der Waals surface area contributed by atoms with E-state index >= 15 is 0 Å². The number of pyridine rings is 1. The first-order chi connectivity index (χ1) is 10.6. The van der Waals surface area contributed by atoms with E-state index in [0.717, 1.165) is 17.1 Å². The molecule has 3 rings (SSSR count). The number of hydrogen-bond acceptors (Lipinski definition) is 4. The second-order valence-corrected chi connectivity index (χ2v) is 5.00. The summed E-state index contributed by atoms with van der Waals surface area (Å²) in [6.45, 7) is 3.82. The molecule has 22 heavy (non-hydrogen) atoms. The Hall–Kier alpha value is -2.71. The molecule has 0 amide bonds. The topological polar surface area (TPSA) is 56.5 Å². The van der Waals surface area contributed by atoms with Gasteiger partial charge in [0.15, 0.2) is 0 Å². The molecular weight excluding hydrogens is 298 g/mol. The van der Waals surface area contributed by atoms with Gasteiger partial charge in [-0.25, -0.2) is 9.97 Å². The van der Waals surface area contributed by atoms with Crippen LogP contribution in [0, 0.1) is 25.7 Å². The second-order valence-electron chi connectivity index (χ2n) is 4.66. The zero-order valence-electron chi connectivity index (χ0n) is 12.1. The number of imidazole rings is 1. The van der Waals surface area contributed by atoms with Crippen molar-refractivity contribution >= 4 is 11.6 Å². The largest absolute Gasteiger partial charge is 0.287 e. The lowest BCUT2D eigenvalue weighted by Crippen LogP contribution is -1.99. The highest BCUT2D eigenvalue weighted by Gasteiger charge is 2.06. The first-order valence-electron chi connectivity index (χ1n) is 6.61. The molecule has 0 aliphatic heterocycles. The van der Waals surface area contributed by atoms with E-state index in [4.69, 9.17) is 11.6 Å². The van der Waals surface area contributed by atoms with Gasteiger partial charge in [0.05, 0.1) is 0 Å². The summed E-state index contributed by atoms with van der Waals surface area (Å²) in [6, 6.07) is 5.57. The van der Waals surface area contributed by atoms with E-state index in [-0.39, 0.29) is 5.28 Å². The van der Waals surface area contributed by atoms with Gasteiger partial charge in [-0.3, -0.25) is 9.55 Å². The lowest BCUT2D eigenvalue weighted by Gasteiger charge is -2.02. The molecule has 3 aromatic heterocycles. The molecular formula is C16H12ClN5. The van der Waals surface area contributed by atoms with Gasteiger partial charge in [0.1, 0.15) is 17.3 Å². The molecule has 0 fully saturated rings. The molecule has 0 aliphatic rings. The Balaban J connectivity index is 1.93. The Bertz CT molecular complexity index is 889. The summed E-state index contributed by atoms with van der Waals surface area (Å²) in [5, 5.41) is 0.200. The molecule has 0 saturated heterocycles. The molecule has 3 aromatic rings. The van der Waals surface area contributed by atoms with Gasteiger partial charge < -0.3 is 0 Å². The van der Waals surface area contributed by atoms with Crippen molar-refractivity contribution in [3.63, 3.8) is 0 Å². The van der Waals surface area contributed by atoms with Crippen molar-refractivity contribution in [1.29, 1.82) is 0 Å². The van der Waals surface area contributed by atoms with E-state index < -0.39 is 0 Å². The molecule has 0 aromatic carbocycles. The summed E-state index contributed by atoms with van der Waals surface area (Å²) in [5.41, 5.74) is 2.51. The number of hydrogen-bond donors (Lipinski definition) is 0. The van der Waals surface area contributed by atoms with Crippen LogP contribution in [0.15, 0.2) is 36.8 Å². The maximum Gasteiger partial charge on any atom is 0.224 e. The highest BCUT2D eigenvalue weighted by atomic mass is 35.5. The maximum absolute atomic E-state index is 5.82. The van der Waals surface area contributed by atoms with E-state index in [9.17, 15) is 0 Å². The van der Waals surface area contributed by atoms with Crippen molar-refractivity contribution in [3.8, 4) is 17.7 Å². The predicted molar refractivity (Wildman–Crippen MR) is 83.9 cm³/mol. The van der Waals surface area contributed by atoms with E-state index in [2.05, 4.69) is 31.8 Å². The molecule has 0 N–H and O–H groups in total.